The van der Waals surface area contributed by atoms with Crippen LogP contribution >= 0.6 is 0 Å². The Kier molecular flexibility index (Phi) is 3.02. The summed E-state index contributed by atoms with van der Waals surface area (Å²) in [6, 6.07) is 0.207. The van der Waals surface area contributed by atoms with Gasteiger partial charge in [-0.15, -0.1) is 0 Å². The minimum absolute atomic E-state index is 0.152. The monoisotopic (exact) mass is 211 g/mol. The zero-order chi connectivity index (χ0) is 10.8. The van der Waals surface area contributed by atoms with Gasteiger partial charge in [-0.25, -0.2) is 0 Å². The lowest BCUT2D eigenvalue weighted by Crippen LogP contribution is -2.44. The number of imide groups is 1. The number of carbonyl (C=O) groups is 2. The van der Waals surface area contributed by atoms with Crippen molar-refractivity contribution in [2.45, 2.75) is 31.3 Å². The van der Waals surface area contributed by atoms with Crippen LogP contribution < -0.4 is 10.6 Å². The van der Waals surface area contributed by atoms with Crippen LogP contribution in [0.15, 0.2) is 0 Å². The summed E-state index contributed by atoms with van der Waals surface area (Å²) in [6.07, 6.45) is 2.67. The van der Waals surface area contributed by atoms with E-state index in [1.165, 1.54) is 6.42 Å². The number of hydrogen-bond donors (Lipinski definition) is 2. The summed E-state index contributed by atoms with van der Waals surface area (Å²) in [6.45, 7) is 1.90. The average molecular weight is 211 g/mol. The Morgan fingerprint density at radius 2 is 2.27 bits per heavy atom. The lowest BCUT2D eigenvalue weighted by Gasteiger charge is -2.24. The van der Waals surface area contributed by atoms with E-state index in [4.69, 9.17) is 0 Å². The van der Waals surface area contributed by atoms with Crippen LogP contribution in [0.4, 0.5) is 0 Å². The zero-order valence-corrected chi connectivity index (χ0v) is 8.95. The molecule has 2 unspecified atom stereocenters. The fourth-order valence-corrected chi connectivity index (χ4v) is 2.28. The predicted molar refractivity (Wildman–Crippen MR) is 55.2 cm³/mol. The van der Waals surface area contributed by atoms with Crippen molar-refractivity contribution in [3.63, 3.8) is 0 Å². The van der Waals surface area contributed by atoms with Gasteiger partial charge in [0.25, 0.3) is 0 Å². The largest absolute Gasteiger partial charge is 0.313 e. The van der Waals surface area contributed by atoms with Gasteiger partial charge in [-0.1, -0.05) is 0 Å². The second kappa shape index (κ2) is 4.28. The van der Waals surface area contributed by atoms with Gasteiger partial charge >= 0.3 is 0 Å². The van der Waals surface area contributed by atoms with E-state index in [9.17, 15) is 9.59 Å². The molecule has 0 spiro atoms. The Bertz CT molecular complexity index is 274. The SMILES string of the molecule is CN(CC1CCCN1)C1CC(=O)NC1=O. The van der Waals surface area contributed by atoms with E-state index >= 15 is 0 Å². The van der Waals surface area contributed by atoms with Crippen LogP contribution in [0.5, 0.6) is 0 Å². The van der Waals surface area contributed by atoms with Gasteiger partial charge in [0.15, 0.2) is 0 Å². The third kappa shape index (κ3) is 2.35. The summed E-state index contributed by atoms with van der Waals surface area (Å²) in [7, 11) is 1.91. The van der Waals surface area contributed by atoms with Gasteiger partial charge in [0, 0.05) is 12.6 Å². The van der Waals surface area contributed by atoms with Crippen LogP contribution in [0.1, 0.15) is 19.3 Å². The average Bonchev–Trinajstić information content (AvgIpc) is 2.75. The van der Waals surface area contributed by atoms with Gasteiger partial charge in [-0.2, -0.15) is 0 Å². The van der Waals surface area contributed by atoms with Crippen LogP contribution in [0, 0.1) is 0 Å². The molecule has 2 aliphatic rings. The Morgan fingerprint density at radius 3 is 2.80 bits per heavy atom. The molecule has 2 fully saturated rings. The molecule has 2 amide bonds. The standard InChI is InChI=1S/C10H17N3O2/c1-13(6-7-3-2-4-11-7)8-5-9(14)12-10(8)15/h7-8,11H,2-6H2,1H3,(H,12,14,15). The molecule has 84 valence electrons. The normalized spacial score (nSPS) is 31.3. The second-order valence-corrected chi connectivity index (χ2v) is 4.37. The van der Waals surface area contributed by atoms with Gasteiger partial charge in [0.05, 0.1) is 12.5 Å². The van der Waals surface area contributed by atoms with Gasteiger partial charge in [-0.3, -0.25) is 19.8 Å². The Morgan fingerprint density at radius 1 is 1.47 bits per heavy atom. The van der Waals surface area contributed by atoms with Crippen molar-refractivity contribution in [2.75, 3.05) is 20.1 Å². The van der Waals surface area contributed by atoms with E-state index < -0.39 is 0 Å². The van der Waals surface area contributed by atoms with Crippen LogP contribution in [0.3, 0.4) is 0 Å². The van der Waals surface area contributed by atoms with Crippen molar-refractivity contribution >= 4 is 11.8 Å². The molecule has 0 saturated carbocycles. The predicted octanol–water partition coefficient (Wildman–Crippen LogP) is -0.915. The molecule has 5 heteroatoms. The number of amides is 2. The van der Waals surface area contributed by atoms with E-state index in [-0.39, 0.29) is 17.9 Å². The number of nitrogens with zero attached hydrogens (tertiary/aromatic N) is 1. The number of likely N-dealkylation sites (N-methyl/N-ethyl adjacent to an activating group) is 1. The fourth-order valence-electron chi connectivity index (χ4n) is 2.28. The number of rotatable bonds is 3. The molecule has 2 rings (SSSR count). The summed E-state index contributed by atoms with van der Waals surface area (Å²) < 4.78 is 0. The third-order valence-electron chi connectivity index (χ3n) is 3.15. The number of carbonyl (C=O) groups excluding carboxylic acids is 2. The first-order valence-corrected chi connectivity index (χ1v) is 5.44. The van der Waals surface area contributed by atoms with Gasteiger partial charge < -0.3 is 5.32 Å². The fraction of sp³-hybridized carbons (Fsp3) is 0.800. The van der Waals surface area contributed by atoms with Gasteiger partial charge in [0.1, 0.15) is 0 Å². The van der Waals surface area contributed by atoms with Crippen molar-refractivity contribution in [2.24, 2.45) is 0 Å². The minimum atomic E-state index is -0.264. The lowest BCUT2D eigenvalue weighted by molar-refractivity contribution is -0.126. The number of hydrogen-bond acceptors (Lipinski definition) is 4. The molecule has 0 aliphatic carbocycles. The van der Waals surface area contributed by atoms with Crippen LogP contribution in [0.2, 0.25) is 0 Å². The highest BCUT2D eigenvalue weighted by Crippen LogP contribution is 2.12. The Balaban J connectivity index is 1.87. The van der Waals surface area contributed by atoms with Crippen molar-refractivity contribution in [3.8, 4) is 0 Å². The summed E-state index contributed by atoms with van der Waals surface area (Å²) in [4.78, 5) is 24.4. The first-order chi connectivity index (χ1) is 7.16. The molecule has 0 aromatic carbocycles. The maximum Gasteiger partial charge on any atom is 0.244 e. The molecule has 5 nitrogen and oxygen atoms in total. The quantitative estimate of drug-likeness (QED) is 0.593. The molecule has 2 heterocycles. The molecule has 2 N–H and O–H groups in total. The zero-order valence-electron chi connectivity index (χ0n) is 8.95. The third-order valence-corrected chi connectivity index (χ3v) is 3.15. The van der Waals surface area contributed by atoms with Gasteiger partial charge in [0.2, 0.25) is 11.8 Å². The molecule has 15 heavy (non-hydrogen) atoms. The van der Waals surface area contributed by atoms with E-state index in [1.807, 2.05) is 11.9 Å². The summed E-state index contributed by atoms with van der Waals surface area (Å²) in [5, 5.41) is 5.71. The topological polar surface area (TPSA) is 61.4 Å². The molecule has 0 aromatic heterocycles. The van der Waals surface area contributed by atoms with E-state index in [0.717, 1.165) is 19.5 Å². The second-order valence-electron chi connectivity index (χ2n) is 4.37. The van der Waals surface area contributed by atoms with Gasteiger partial charge in [-0.05, 0) is 26.4 Å². The Hall–Kier alpha value is -0.940. The van der Waals surface area contributed by atoms with Crippen molar-refractivity contribution < 1.29 is 9.59 Å². The molecule has 2 aliphatic heterocycles. The van der Waals surface area contributed by atoms with E-state index in [2.05, 4.69) is 10.6 Å². The van der Waals surface area contributed by atoms with E-state index in [0.29, 0.717) is 12.5 Å². The summed E-state index contributed by atoms with van der Waals surface area (Å²) >= 11 is 0. The number of nitrogens with one attached hydrogen (secondary N) is 2. The molecule has 2 atom stereocenters. The maximum absolute atomic E-state index is 11.4. The van der Waals surface area contributed by atoms with Crippen LogP contribution in [-0.4, -0.2) is 48.9 Å². The highest BCUT2D eigenvalue weighted by molar-refractivity contribution is 6.05. The van der Waals surface area contributed by atoms with Crippen LogP contribution in [-0.2, 0) is 9.59 Å². The van der Waals surface area contributed by atoms with Crippen LogP contribution in [0.25, 0.3) is 0 Å². The lowest BCUT2D eigenvalue weighted by atomic mass is 10.1. The smallest absolute Gasteiger partial charge is 0.244 e. The first-order valence-electron chi connectivity index (χ1n) is 5.44. The highest BCUT2D eigenvalue weighted by atomic mass is 16.2. The first kappa shape index (κ1) is 10.6. The maximum atomic E-state index is 11.4. The van der Waals surface area contributed by atoms with Crippen molar-refractivity contribution in [1.29, 1.82) is 0 Å². The minimum Gasteiger partial charge on any atom is -0.313 e. The van der Waals surface area contributed by atoms with Crippen molar-refractivity contribution in [3.05, 3.63) is 0 Å². The highest BCUT2D eigenvalue weighted by Gasteiger charge is 2.34. The molecule has 0 bridgehead atoms. The molecule has 0 radical (unpaired) electrons. The van der Waals surface area contributed by atoms with E-state index in [1.54, 1.807) is 0 Å². The molecule has 0 aromatic rings. The Labute approximate surface area is 89.2 Å². The molecular formula is C10H17N3O2. The summed E-state index contributed by atoms with van der Waals surface area (Å²) in [5.74, 6) is -0.309. The molecular weight excluding hydrogens is 194 g/mol. The summed E-state index contributed by atoms with van der Waals surface area (Å²) in [5.41, 5.74) is 0. The molecule has 2 saturated heterocycles. The van der Waals surface area contributed by atoms with Crippen molar-refractivity contribution in [1.82, 2.24) is 15.5 Å².